The first-order chi connectivity index (χ1) is 11.9. The molecule has 2 atom stereocenters. The van der Waals surface area contributed by atoms with Crippen molar-refractivity contribution in [1.82, 2.24) is 4.98 Å². The zero-order valence-corrected chi connectivity index (χ0v) is 14.2. The molecular formula is C17H19FN2O4S. The van der Waals surface area contributed by atoms with Gasteiger partial charge in [-0.3, -0.25) is 5.32 Å². The van der Waals surface area contributed by atoms with Gasteiger partial charge in [0.05, 0.1) is 18.0 Å². The van der Waals surface area contributed by atoms with E-state index in [2.05, 4.69) is 29.5 Å². The summed E-state index contributed by atoms with van der Waals surface area (Å²) in [7, 11) is 0. The number of ether oxygens (including phenoxy) is 1. The number of hydrogen-bond donors (Lipinski definition) is 4. The standard InChI is InChI=1S/C17H19FN2O4S/c1-10(4-14(22)8-21)15(25)9-24-17(23)20-16-6-12-5-13(18)3-2-11(12)7-19-16/h2-3,5-7,14-15,21-22,25H,1,4,8-9H2,(H,19,20,23)/t14-,15?/m0/s1. The van der Waals surface area contributed by atoms with Gasteiger partial charge in [0, 0.05) is 11.6 Å². The van der Waals surface area contributed by atoms with Crippen LogP contribution in [0.3, 0.4) is 0 Å². The van der Waals surface area contributed by atoms with Crippen molar-refractivity contribution in [2.45, 2.75) is 17.8 Å². The molecule has 0 aliphatic carbocycles. The first-order valence-corrected chi connectivity index (χ1v) is 8.04. The number of thiol groups is 1. The number of halogens is 1. The van der Waals surface area contributed by atoms with Gasteiger partial charge in [0.15, 0.2) is 0 Å². The molecule has 1 amide bonds. The molecule has 0 radical (unpaired) electrons. The number of nitrogens with zero attached hydrogens (tertiary/aromatic N) is 1. The van der Waals surface area contributed by atoms with E-state index in [9.17, 15) is 14.3 Å². The number of nitrogens with one attached hydrogen (secondary N) is 1. The van der Waals surface area contributed by atoms with E-state index in [0.29, 0.717) is 11.0 Å². The van der Waals surface area contributed by atoms with Gasteiger partial charge in [0.1, 0.15) is 18.2 Å². The molecule has 1 unspecified atom stereocenters. The van der Waals surface area contributed by atoms with Gasteiger partial charge in [-0.25, -0.2) is 14.2 Å². The quantitative estimate of drug-likeness (QED) is 0.446. The second-order valence-electron chi connectivity index (χ2n) is 5.50. The first kappa shape index (κ1) is 19.2. The lowest BCUT2D eigenvalue weighted by Gasteiger charge is -2.16. The van der Waals surface area contributed by atoms with E-state index in [1.165, 1.54) is 24.4 Å². The minimum Gasteiger partial charge on any atom is -0.448 e. The maximum absolute atomic E-state index is 13.2. The Hall–Kier alpha value is -2.16. The van der Waals surface area contributed by atoms with Crippen LogP contribution in [0.4, 0.5) is 15.0 Å². The van der Waals surface area contributed by atoms with Gasteiger partial charge in [-0.05, 0) is 36.1 Å². The van der Waals surface area contributed by atoms with Crippen molar-refractivity contribution in [3.8, 4) is 0 Å². The van der Waals surface area contributed by atoms with E-state index in [1.54, 1.807) is 6.07 Å². The smallest absolute Gasteiger partial charge is 0.412 e. The van der Waals surface area contributed by atoms with Gasteiger partial charge in [-0.15, -0.1) is 0 Å². The molecule has 2 aromatic rings. The fraction of sp³-hybridized carbons (Fsp3) is 0.294. The lowest BCUT2D eigenvalue weighted by atomic mass is 10.1. The maximum Gasteiger partial charge on any atom is 0.412 e. The molecule has 0 aliphatic rings. The number of rotatable bonds is 7. The van der Waals surface area contributed by atoms with E-state index in [-0.39, 0.29) is 31.3 Å². The number of aliphatic hydroxyl groups is 2. The number of hydrogen-bond acceptors (Lipinski definition) is 6. The zero-order valence-electron chi connectivity index (χ0n) is 13.4. The van der Waals surface area contributed by atoms with Crippen molar-refractivity contribution >= 4 is 35.3 Å². The van der Waals surface area contributed by atoms with Crippen LogP contribution < -0.4 is 5.32 Å². The number of carbonyl (C=O) groups is 1. The molecule has 134 valence electrons. The van der Waals surface area contributed by atoms with Gasteiger partial charge in [-0.2, -0.15) is 12.6 Å². The second-order valence-corrected chi connectivity index (χ2v) is 6.12. The molecule has 25 heavy (non-hydrogen) atoms. The molecule has 2 rings (SSSR count). The highest BCUT2D eigenvalue weighted by Gasteiger charge is 2.15. The van der Waals surface area contributed by atoms with E-state index in [1.807, 2.05) is 0 Å². The number of anilines is 1. The van der Waals surface area contributed by atoms with Crippen molar-refractivity contribution in [2.24, 2.45) is 0 Å². The molecule has 0 bridgehead atoms. The van der Waals surface area contributed by atoms with Crippen LogP contribution in [-0.2, 0) is 4.74 Å². The van der Waals surface area contributed by atoms with Crippen LogP contribution in [0.1, 0.15) is 6.42 Å². The normalized spacial score (nSPS) is 13.3. The minimum atomic E-state index is -0.918. The van der Waals surface area contributed by atoms with E-state index in [4.69, 9.17) is 9.84 Å². The van der Waals surface area contributed by atoms with E-state index < -0.39 is 17.4 Å². The summed E-state index contributed by atoms with van der Waals surface area (Å²) in [4.78, 5) is 15.9. The van der Waals surface area contributed by atoms with Gasteiger partial charge < -0.3 is 14.9 Å². The molecule has 1 aromatic heterocycles. The van der Waals surface area contributed by atoms with Crippen LogP contribution in [0.15, 0.2) is 42.6 Å². The topological polar surface area (TPSA) is 91.7 Å². The minimum absolute atomic E-state index is 0.0614. The van der Waals surface area contributed by atoms with Crippen molar-refractivity contribution in [2.75, 3.05) is 18.5 Å². The number of carbonyl (C=O) groups excluding carboxylic acids is 1. The maximum atomic E-state index is 13.2. The van der Waals surface area contributed by atoms with Crippen LogP contribution >= 0.6 is 12.6 Å². The summed E-state index contributed by atoms with van der Waals surface area (Å²) >= 11 is 4.24. The average Bonchev–Trinajstić information content (AvgIpc) is 2.59. The highest BCUT2D eigenvalue weighted by molar-refractivity contribution is 7.81. The molecule has 8 heteroatoms. The Morgan fingerprint density at radius 1 is 1.40 bits per heavy atom. The monoisotopic (exact) mass is 366 g/mol. The summed E-state index contributed by atoms with van der Waals surface area (Å²) in [5.74, 6) is -0.151. The van der Waals surface area contributed by atoms with Crippen LogP contribution in [0.25, 0.3) is 10.8 Å². The van der Waals surface area contributed by atoms with Gasteiger partial charge >= 0.3 is 6.09 Å². The number of aromatic nitrogens is 1. The third-order valence-corrected chi connectivity index (χ3v) is 3.98. The number of amides is 1. The Morgan fingerprint density at radius 3 is 2.88 bits per heavy atom. The fourth-order valence-electron chi connectivity index (χ4n) is 2.10. The molecule has 0 spiro atoms. The molecule has 0 fully saturated rings. The van der Waals surface area contributed by atoms with Crippen LogP contribution in [0.2, 0.25) is 0 Å². The zero-order chi connectivity index (χ0) is 18.4. The van der Waals surface area contributed by atoms with Gasteiger partial charge in [0.25, 0.3) is 0 Å². The average molecular weight is 366 g/mol. The predicted octanol–water partition coefficient (Wildman–Crippen LogP) is 2.52. The van der Waals surface area contributed by atoms with Crippen LogP contribution in [0, 0.1) is 5.82 Å². The summed E-state index contributed by atoms with van der Waals surface area (Å²) in [5, 5.41) is 21.5. The van der Waals surface area contributed by atoms with E-state index in [0.717, 1.165) is 5.39 Å². The third kappa shape index (κ3) is 5.70. The number of aliphatic hydroxyl groups excluding tert-OH is 2. The first-order valence-electron chi connectivity index (χ1n) is 7.52. The SMILES string of the molecule is C=C(C[C@H](O)CO)C(S)COC(=O)Nc1cc2cc(F)ccc2cn1. The summed E-state index contributed by atoms with van der Waals surface area (Å²) in [5.41, 5.74) is 0.539. The van der Waals surface area contributed by atoms with Gasteiger partial charge in [0.2, 0.25) is 0 Å². The van der Waals surface area contributed by atoms with Crippen molar-refractivity contribution in [3.05, 3.63) is 48.4 Å². The lowest BCUT2D eigenvalue weighted by molar-refractivity contribution is 0.0942. The molecule has 0 saturated heterocycles. The molecule has 6 nitrogen and oxygen atoms in total. The van der Waals surface area contributed by atoms with Crippen LogP contribution in [-0.4, -0.2) is 45.9 Å². The molecule has 0 saturated carbocycles. The summed E-state index contributed by atoms with van der Waals surface area (Å²) in [6.07, 6.45) is 0.0214. The van der Waals surface area contributed by atoms with Crippen LogP contribution in [0.5, 0.6) is 0 Å². The van der Waals surface area contributed by atoms with Crippen molar-refractivity contribution < 1.29 is 24.1 Å². The Bertz CT molecular complexity index is 771. The molecule has 3 N–H and O–H groups in total. The number of pyridine rings is 1. The number of benzene rings is 1. The highest BCUT2D eigenvalue weighted by atomic mass is 32.1. The Balaban J connectivity index is 1.88. The molecule has 1 heterocycles. The molecule has 0 aliphatic heterocycles. The summed E-state index contributed by atoms with van der Waals surface area (Å²) in [6.45, 7) is 3.30. The van der Waals surface area contributed by atoms with Crippen molar-refractivity contribution in [3.63, 3.8) is 0 Å². The van der Waals surface area contributed by atoms with Gasteiger partial charge in [-0.1, -0.05) is 12.2 Å². The predicted molar refractivity (Wildman–Crippen MR) is 96.3 cm³/mol. The third-order valence-electron chi connectivity index (χ3n) is 3.47. The largest absolute Gasteiger partial charge is 0.448 e. The fourth-order valence-corrected chi connectivity index (χ4v) is 2.28. The summed E-state index contributed by atoms with van der Waals surface area (Å²) < 4.78 is 18.3. The summed E-state index contributed by atoms with van der Waals surface area (Å²) in [6, 6.07) is 5.80. The molecule has 1 aromatic carbocycles. The molecular weight excluding hydrogens is 347 g/mol. The Morgan fingerprint density at radius 2 is 2.16 bits per heavy atom. The Kier molecular flexibility index (Phi) is 6.74. The van der Waals surface area contributed by atoms with E-state index >= 15 is 0 Å². The highest BCUT2D eigenvalue weighted by Crippen LogP contribution is 2.18. The lowest BCUT2D eigenvalue weighted by Crippen LogP contribution is -2.23. The Labute approximate surface area is 149 Å². The number of fused-ring (bicyclic) bond motifs is 1. The van der Waals surface area contributed by atoms with Crippen molar-refractivity contribution in [1.29, 1.82) is 0 Å². The second kappa shape index (κ2) is 8.80.